The largest absolute Gasteiger partial charge is 0.311 e. The van der Waals surface area contributed by atoms with Crippen LogP contribution in [0.25, 0.3) is 0 Å². The molecule has 2 aromatic heterocycles. The van der Waals surface area contributed by atoms with Gasteiger partial charge in [0, 0.05) is 23.8 Å². The Bertz CT molecular complexity index is 446. The molecule has 0 amide bonds. The van der Waals surface area contributed by atoms with Crippen molar-refractivity contribution in [2.24, 2.45) is 0 Å². The first-order valence-corrected chi connectivity index (χ1v) is 6.30. The van der Waals surface area contributed by atoms with Crippen LogP contribution in [0.15, 0.2) is 17.6 Å². The van der Waals surface area contributed by atoms with Crippen molar-refractivity contribution >= 4 is 11.3 Å². The first-order valence-electron chi connectivity index (χ1n) is 5.42. The molecular formula is C11H16N4S. The average molecular weight is 236 g/mol. The number of nitrogens with one attached hydrogen (secondary N) is 1. The van der Waals surface area contributed by atoms with Gasteiger partial charge in [0.1, 0.15) is 5.01 Å². The molecular weight excluding hydrogens is 220 g/mol. The number of aryl methyl sites for hydroxylation is 1. The molecule has 5 heteroatoms. The smallest absolute Gasteiger partial charge is 0.114 e. The maximum absolute atomic E-state index is 4.44. The molecule has 0 aliphatic heterocycles. The van der Waals surface area contributed by atoms with Gasteiger partial charge in [-0.2, -0.15) is 5.10 Å². The molecule has 0 fully saturated rings. The molecule has 0 aliphatic rings. The van der Waals surface area contributed by atoms with Gasteiger partial charge in [0.05, 0.1) is 12.2 Å². The predicted molar refractivity (Wildman–Crippen MR) is 65.6 cm³/mol. The third kappa shape index (κ3) is 2.68. The summed E-state index contributed by atoms with van der Waals surface area (Å²) in [5, 5.41) is 10.8. The van der Waals surface area contributed by atoms with Gasteiger partial charge in [0.2, 0.25) is 0 Å². The Hall–Kier alpha value is -1.20. The number of rotatable bonds is 5. The van der Waals surface area contributed by atoms with Crippen molar-refractivity contribution in [3.05, 3.63) is 34.0 Å². The Kier molecular flexibility index (Phi) is 3.69. The zero-order valence-corrected chi connectivity index (χ0v) is 10.4. The molecule has 0 atom stereocenters. The average Bonchev–Trinajstić information content (AvgIpc) is 2.86. The number of aromatic nitrogens is 3. The van der Waals surface area contributed by atoms with E-state index in [2.05, 4.69) is 27.7 Å². The van der Waals surface area contributed by atoms with Gasteiger partial charge < -0.3 is 5.32 Å². The van der Waals surface area contributed by atoms with Crippen LogP contribution in [0.5, 0.6) is 0 Å². The molecule has 0 aromatic carbocycles. The van der Waals surface area contributed by atoms with E-state index in [9.17, 15) is 0 Å². The standard InChI is InChI=1S/C11H16N4S/c1-3-12-6-10-4-5-13-15(10)7-11-14-9(2)8-16-11/h4-5,8,12H,3,6-7H2,1-2H3. The van der Waals surface area contributed by atoms with Crippen LogP contribution in [-0.2, 0) is 13.1 Å². The Morgan fingerprint density at radius 1 is 1.50 bits per heavy atom. The molecule has 0 aliphatic carbocycles. The second-order valence-corrected chi connectivity index (χ2v) is 4.59. The predicted octanol–water partition coefficient (Wildman–Crippen LogP) is 1.81. The SMILES string of the molecule is CCNCc1ccnn1Cc1nc(C)cs1. The van der Waals surface area contributed by atoms with Gasteiger partial charge in [-0.15, -0.1) is 11.3 Å². The highest BCUT2D eigenvalue weighted by Crippen LogP contribution is 2.11. The van der Waals surface area contributed by atoms with Crippen LogP contribution in [-0.4, -0.2) is 21.3 Å². The third-order valence-corrected chi connectivity index (χ3v) is 3.26. The van der Waals surface area contributed by atoms with Crippen LogP contribution in [0, 0.1) is 6.92 Å². The summed E-state index contributed by atoms with van der Waals surface area (Å²) in [6, 6.07) is 2.04. The lowest BCUT2D eigenvalue weighted by atomic mass is 10.4. The molecule has 0 spiro atoms. The Morgan fingerprint density at radius 3 is 3.06 bits per heavy atom. The van der Waals surface area contributed by atoms with Crippen LogP contribution in [0.3, 0.4) is 0 Å². The molecule has 0 unspecified atom stereocenters. The van der Waals surface area contributed by atoms with Crippen molar-refractivity contribution in [3.63, 3.8) is 0 Å². The zero-order valence-electron chi connectivity index (χ0n) is 9.60. The van der Waals surface area contributed by atoms with E-state index in [1.54, 1.807) is 11.3 Å². The second kappa shape index (κ2) is 5.23. The monoisotopic (exact) mass is 236 g/mol. The molecule has 4 nitrogen and oxygen atoms in total. The van der Waals surface area contributed by atoms with E-state index in [4.69, 9.17) is 0 Å². The number of hydrogen-bond donors (Lipinski definition) is 1. The van der Waals surface area contributed by atoms with Crippen molar-refractivity contribution in [1.29, 1.82) is 0 Å². The van der Waals surface area contributed by atoms with Crippen LogP contribution < -0.4 is 5.32 Å². The van der Waals surface area contributed by atoms with E-state index in [1.807, 2.05) is 23.9 Å². The first-order chi connectivity index (χ1) is 7.79. The molecule has 2 aromatic rings. The van der Waals surface area contributed by atoms with Gasteiger partial charge in [-0.25, -0.2) is 4.98 Å². The van der Waals surface area contributed by atoms with Crippen LogP contribution in [0.4, 0.5) is 0 Å². The second-order valence-electron chi connectivity index (χ2n) is 3.64. The van der Waals surface area contributed by atoms with E-state index in [1.165, 1.54) is 5.69 Å². The molecule has 0 bridgehead atoms. The van der Waals surface area contributed by atoms with Crippen molar-refractivity contribution in [2.75, 3.05) is 6.54 Å². The molecule has 1 N–H and O–H groups in total. The highest BCUT2D eigenvalue weighted by atomic mass is 32.1. The van der Waals surface area contributed by atoms with Gasteiger partial charge in [0.15, 0.2) is 0 Å². The summed E-state index contributed by atoms with van der Waals surface area (Å²) in [5.41, 5.74) is 2.29. The van der Waals surface area contributed by atoms with Gasteiger partial charge in [-0.05, 0) is 19.5 Å². The maximum Gasteiger partial charge on any atom is 0.114 e. The van der Waals surface area contributed by atoms with Crippen molar-refractivity contribution in [2.45, 2.75) is 26.9 Å². The van der Waals surface area contributed by atoms with Crippen molar-refractivity contribution in [1.82, 2.24) is 20.1 Å². The molecule has 2 heterocycles. The molecule has 0 saturated carbocycles. The Labute approximate surface area is 99.3 Å². The van der Waals surface area contributed by atoms with Gasteiger partial charge in [-0.1, -0.05) is 6.92 Å². The van der Waals surface area contributed by atoms with Crippen molar-refractivity contribution < 1.29 is 0 Å². The van der Waals surface area contributed by atoms with Crippen LogP contribution >= 0.6 is 11.3 Å². The summed E-state index contributed by atoms with van der Waals surface area (Å²) in [7, 11) is 0. The van der Waals surface area contributed by atoms with E-state index < -0.39 is 0 Å². The summed E-state index contributed by atoms with van der Waals surface area (Å²) in [6.45, 7) is 6.72. The molecule has 2 rings (SSSR count). The fraction of sp³-hybridized carbons (Fsp3) is 0.455. The summed E-state index contributed by atoms with van der Waals surface area (Å²) in [6.07, 6.45) is 1.84. The minimum Gasteiger partial charge on any atom is -0.311 e. The minimum atomic E-state index is 0.770. The zero-order chi connectivity index (χ0) is 11.4. The van der Waals surface area contributed by atoms with Gasteiger partial charge in [0.25, 0.3) is 0 Å². The highest BCUT2D eigenvalue weighted by molar-refractivity contribution is 7.09. The normalized spacial score (nSPS) is 10.9. The Morgan fingerprint density at radius 2 is 2.38 bits per heavy atom. The topological polar surface area (TPSA) is 42.7 Å². The van der Waals surface area contributed by atoms with Crippen molar-refractivity contribution in [3.8, 4) is 0 Å². The summed E-state index contributed by atoms with van der Waals surface area (Å²) in [5.74, 6) is 0. The van der Waals surface area contributed by atoms with Crippen LogP contribution in [0.2, 0.25) is 0 Å². The molecule has 0 saturated heterocycles. The lowest BCUT2D eigenvalue weighted by Gasteiger charge is -2.05. The number of nitrogens with zero attached hydrogens (tertiary/aromatic N) is 3. The lowest BCUT2D eigenvalue weighted by Crippen LogP contribution is -2.16. The number of thiazole rings is 1. The highest BCUT2D eigenvalue weighted by Gasteiger charge is 2.05. The molecule has 0 radical (unpaired) electrons. The lowest BCUT2D eigenvalue weighted by molar-refractivity contribution is 0.604. The van der Waals surface area contributed by atoms with Crippen LogP contribution in [0.1, 0.15) is 23.3 Å². The minimum absolute atomic E-state index is 0.770. The van der Waals surface area contributed by atoms with E-state index in [0.717, 1.165) is 30.3 Å². The number of hydrogen-bond acceptors (Lipinski definition) is 4. The van der Waals surface area contributed by atoms with Gasteiger partial charge in [-0.3, -0.25) is 4.68 Å². The van der Waals surface area contributed by atoms with E-state index >= 15 is 0 Å². The summed E-state index contributed by atoms with van der Waals surface area (Å²) >= 11 is 1.69. The quantitative estimate of drug-likeness (QED) is 0.861. The fourth-order valence-electron chi connectivity index (χ4n) is 1.51. The third-order valence-electron chi connectivity index (χ3n) is 2.31. The summed E-state index contributed by atoms with van der Waals surface area (Å²) < 4.78 is 2.00. The first kappa shape index (κ1) is 11.3. The fourth-order valence-corrected chi connectivity index (χ4v) is 2.26. The van der Waals surface area contributed by atoms with E-state index in [0.29, 0.717) is 0 Å². The molecule has 16 heavy (non-hydrogen) atoms. The Balaban J connectivity index is 2.06. The maximum atomic E-state index is 4.44. The van der Waals surface area contributed by atoms with Gasteiger partial charge >= 0.3 is 0 Å². The van der Waals surface area contributed by atoms with E-state index in [-0.39, 0.29) is 0 Å². The molecule has 86 valence electrons. The summed E-state index contributed by atoms with van der Waals surface area (Å²) in [4.78, 5) is 4.44.